The Morgan fingerprint density at radius 1 is 0.904 bits per heavy atom. The number of hydrogen-bond donors (Lipinski definition) is 4. The Labute approximate surface area is 307 Å². The van der Waals surface area contributed by atoms with E-state index in [1.807, 2.05) is 30.3 Å². The number of thiazole rings is 1. The normalized spacial score (nSPS) is 21.4. The van der Waals surface area contributed by atoms with Gasteiger partial charge in [0.25, 0.3) is 11.8 Å². The van der Waals surface area contributed by atoms with Crippen LogP contribution in [0.3, 0.4) is 0 Å². The molecular weight excluding hydrogens is 687 g/mol. The molecule has 278 valence electrons. The van der Waals surface area contributed by atoms with Crippen LogP contribution >= 0.6 is 11.3 Å². The summed E-state index contributed by atoms with van der Waals surface area (Å²) < 4.78 is 5.71. The molecule has 0 unspecified atom stereocenters. The summed E-state index contributed by atoms with van der Waals surface area (Å²) in [5.74, 6) is -3.18. The minimum Gasteiger partial charge on any atom is -0.493 e. The lowest BCUT2D eigenvalue weighted by atomic mass is 10.0. The summed E-state index contributed by atoms with van der Waals surface area (Å²) in [6.07, 6.45) is 0.341. The third-order valence-corrected chi connectivity index (χ3v) is 9.47. The molecule has 4 atom stereocenters. The Bertz CT molecular complexity index is 1750. The van der Waals surface area contributed by atoms with Gasteiger partial charge in [-0.3, -0.25) is 28.8 Å². The van der Waals surface area contributed by atoms with E-state index >= 15 is 0 Å². The molecule has 6 amide bonds. The molecule has 0 radical (unpaired) electrons. The minimum absolute atomic E-state index is 0.0247. The molecule has 0 fully saturated rings. The number of carbonyl (C=O) groups is 6. The summed E-state index contributed by atoms with van der Waals surface area (Å²) in [6.45, 7) is 8.29. The van der Waals surface area contributed by atoms with Crippen molar-refractivity contribution in [2.24, 2.45) is 5.92 Å². The predicted octanol–water partition coefficient (Wildman–Crippen LogP) is 2.32. The van der Waals surface area contributed by atoms with Crippen molar-refractivity contribution in [3.05, 3.63) is 81.8 Å². The number of nitrogens with one attached hydrogen (secondary N) is 4. The van der Waals surface area contributed by atoms with Crippen LogP contribution in [0, 0.1) is 5.92 Å². The molecule has 0 spiro atoms. The van der Waals surface area contributed by atoms with Crippen LogP contribution in [0.15, 0.2) is 60.0 Å². The van der Waals surface area contributed by atoms with Crippen molar-refractivity contribution in [1.29, 1.82) is 0 Å². The first-order valence-electron chi connectivity index (χ1n) is 17.2. The van der Waals surface area contributed by atoms with E-state index in [2.05, 4.69) is 26.3 Å². The molecule has 1 aliphatic rings. The van der Waals surface area contributed by atoms with Crippen LogP contribution in [0.2, 0.25) is 0 Å². The molecule has 4 rings (SSSR count). The van der Waals surface area contributed by atoms with Crippen molar-refractivity contribution < 1.29 is 33.5 Å². The van der Waals surface area contributed by atoms with Gasteiger partial charge in [-0.1, -0.05) is 56.3 Å². The average Bonchev–Trinajstić information content (AvgIpc) is 3.62. The second-order valence-corrected chi connectivity index (χ2v) is 13.8. The van der Waals surface area contributed by atoms with Gasteiger partial charge in [-0.15, -0.1) is 11.3 Å². The first kappa shape index (κ1) is 39.5. The third-order valence-electron chi connectivity index (χ3n) is 8.51. The number of ether oxygens (including phenoxy) is 1. The lowest BCUT2D eigenvalue weighted by Crippen LogP contribution is -2.57. The lowest BCUT2D eigenvalue weighted by molar-refractivity contribution is -0.136. The van der Waals surface area contributed by atoms with Crippen molar-refractivity contribution in [3.63, 3.8) is 0 Å². The summed E-state index contributed by atoms with van der Waals surface area (Å²) >= 11 is 1.17. The fourth-order valence-corrected chi connectivity index (χ4v) is 6.44. The van der Waals surface area contributed by atoms with Crippen LogP contribution in [0.5, 0.6) is 5.75 Å². The maximum absolute atomic E-state index is 14.0. The van der Waals surface area contributed by atoms with Crippen molar-refractivity contribution in [1.82, 2.24) is 36.1 Å². The molecule has 1 aromatic heterocycles. The van der Waals surface area contributed by atoms with Crippen molar-refractivity contribution in [3.8, 4) is 5.75 Å². The van der Waals surface area contributed by atoms with Gasteiger partial charge >= 0.3 is 0 Å². The van der Waals surface area contributed by atoms with E-state index < -0.39 is 59.6 Å². The van der Waals surface area contributed by atoms with Crippen LogP contribution in [0.1, 0.15) is 72.1 Å². The van der Waals surface area contributed by atoms with Crippen molar-refractivity contribution in [2.45, 2.75) is 65.2 Å². The van der Waals surface area contributed by atoms with E-state index in [-0.39, 0.29) is 36.8 Å². The molecule has 14 nitrogen and oxygen atoms in total. The fraction of sp³-hybridized carbons (Fsp3) is 0.432. The first-order valence-corrected chi connectivity index (χ1v) is 18.1. The Hall–Kier alpha value is -5.31. The standard InChI is InChI=1S/C37H47N7O7S/c1-7-51-29-16-12-11-15-26(29)37(50)44-18-17-43(6)36(49)24(5)39-34(48)31(22(2)3)42-32(46)23(4)38-33(47)28-21-52-35(41-28)27(40-30(45)20-44)19-25-13-9-8-10-14-25/h8-16,21-24,27,31H,7,17-20H2,1-6H3,(H,38,47)(H,39,48)(H,40,45)(H,42,46)/t23-,24+,27-,31-/m0/s1. The van der Waals surface area contributed by atoms with Gasteiger partial charge in [0, 0.05) is 25.5 Å². The van der Waals surface area contributed by atoms with Crippen molar-refractivity contribution in [2.75, 3.05) is 33.3 Å². The molecule has 2 heterocycles. The summed E-state index contributed by atoms with van der Waals surface area (Å²) in [6, 6.07) is 12.5. The number of amides is 6. The van der Waals surface area contributed by atoms with E-state index in [1.54, 1.807) is 57.5 Å². The van der Waals surface area contributed by atoms with Crippen LogP contribution in [-0.2, 0) is 25.6 Å². The number of nitrogens with zero attached hydrogens (tertiary/aromatic N) is 3. The number of benzene rings is 2. The number of fused-ring (bicyclic) bond motifs is 2. The SMILES string of the molecule is CCOc1ccccc1C(=O)N1CCN(C)C(=O)[C@@H](C)NC(=O)[C@H](C(C)C)NC(=O)[C@H](C)NC(=O)c2csc(n2)[C@H](Cc2ccccc2)NC(=O)C1. The number of carbonyl (C=O) groups excluding carboxylic acids is 6. The molecule has 15 heteroatoms. The largest absolute Gasteiger partial charge is 0.493 e. The van der Waals surface area contributed by atoms with E-state index in [9.17, 15) is 28.8 Å². The van der Waals surface area contributed by atoms with E-state index in [4.69, 9.17) is 4.74 Å². The molecule has 0 saturated heterocycles. The highest BCUT2D eigenvalue weighted by Crippen LogP contribution is 2.24. The average molecular weight is 734 g/mol. The van der Waals surface area contributed by atoms with Gasteiger partial charge < -0.3 is 35.8 Å². The van der Waals surface area contributed by atoms with Gasteiger partial charge in [0.15, 0.2) is 0 Å². The second-order valence-electron chi connectivity index (χ2n) is 13.0. The summed E-state index contributed by atoms with van der Waals surface area (Å²) in [5.41, 5.74) is 1.21. The predicted molar refractivity (Wildman–Crippen MR) is 196 cm³/mol. The molecule has 0 saturated carbocycles. The summed E-state index contributed by atoms with van der Waals surface area (Å²) in [7, 11) is 1.54. The van der Waals surface area contributed by atoms with Gasteiger partial charge in [0.2, 0.25) is 23.6 Å². The Morgan fingerprint density at radius 3 is 2.29 bits per heavy atom. The van der Waals surface area contributed by atoms with Gasteiger partial charge in [-0.25, -0.2) is 4.98 Å². The van der Waals surface area contributed by atoms with Crippen LogP contribution in [0.4, 0.5) is 0 Å². The number of hydrogen-bond acceptors (Lipinski definition) is 9. The lowest BCUT2D eigenvalue weighted by Gasteiger charge is -2.29. The number of rotatable bonds is 6. The molecule has 0 aliphatic carbocycles. The Kier molecular flexibility index (Phi) is 13.9. The molecule has 52 heavy (non-hydrogen) atoms. The number of para-hydroxylation sites is 1. The highest BCUT2D eigenvalue weighted by Gasteiger charge is 2.31. The van der Waals surface area contributed by atoms with Gasteiger partial charge in [-0.05, 0) is 50.8 Å². The van der Waals surface area contributed by atoms with Gasteiger partial charge in [-0.2, -0.15) is 0 Å². The highest BCUT2D eigenvalue weighted by atomic mass is 32.1. The zero-order valence-corrected chi connectivity index (χ0v) is 31.1. The van der Waals surface area contributed by atoms with E-state index in [0.717, 1.165) is 5.56 Å². The van der Waals surface area contributed by atoms with Crippen molar-refractivity contribution >= 4 is 46.8 Å². The second kappa shape index (κ2) is 18.3. The van der Waals surface area contributed by atoms with Crippen LogP contribution < -0.4 is 26.0 Å². The molecule has 1 aliphatic heterocycles. The highest BCUT2D eigenvalue weighted by molar-refractivity contribution is 7.09. The zero-order chi connectivity index (χ0) is 37.9. The number of likely N-dealkylation sites (N-methyl/N-ethyl adjacent to an activating group) is 1. The van der Waals surface area contributed by atoms with Gasteiger partial charge in [0.05, 0.1) is 24.8 Å². The molecule has 3 aromatic rings. The van der Waals surface area contributed by atoms with E-state index in [1.165, 1.54) is 35.0 Å². The summed E-state index contributed by atoms with van der Waals surface area (Å²) in [5, 5.41) is 13.0. The molecular formula is C37H47N7O7S. The third kappa shape index (κ3) is 10.4. The monoisotopic (exact) mass is 733 g/mol. The Morgan fingerprint density at radius 2 is 1.60 bits per heavy atom. The number of aromatic nitrogens is 1. The van der Waals surface area contributed by atoms with Crippen LogP contribution in [0.25, 0.3) is 0 Å². The maximum atomic E-state index is 14.0. The van der Waals surface area contributed by atoms with Crippen LogP contribution in [-0.4, -0.2) is 102 Å². The first-order chi connectivity index (χ1) is 24.8. The molecule has 4 N–H and O–H groups in total. The van der Waals surface area contributed by atoms with E-state index in [0.29, 0.717) is 23.8 Å². The minimum atomic E-state index is -1.03. The molecule has 2 bridgehead atoms. The zero-order valence-electron chi connectivity index (χ0n) is 30.3. The topological polar surface area (TPSA) is 179 Å². The maximum Gasteiger partial charge on any atom is 0.271 e. The molecule has 2 aromatic carbocycles. The Balaban J connectivity index is 1.71. The fourth-order valence-electron chi connectivity index (χ4n) is 5.59. The summed E-state index contributed by atoms with van der Waals surface area (Å²) in [4.78, 5) is 88.2. The quantitative estimate of drug-likeness (QED) is 0.298. The van der Waals surface area contributed by atoms with Gasteiger partial charge in [0.1, 0.15) is 34.6 Å². The smallest absolute Gasteiger partial charge is 0.271 e.